The molecule has 3 nitrogen and oxygen atoms in total. The summed E-state index contributed by atoms with van der Waals surface area (Å²) in [6.45, 7) is 5.29. The number of piperazine rings is 1. The first-order chi connectivity index (χ1) is 7.86. The minimum Gasteiger partial charge on any atom is -0.358 e. The van der Waals surface area contributed by atoms with Crippen molar-refractivity contribution in [3.05, 3.63) is 35.5 Å². The number of H-pyrrole nitrogens is 1. The van der Waals surface area contributed by atoms with Crippen LogP contribution in [0.1, 0.15) is 17.3 Å². The molecule has 3 heteroatoms. The summed E-state index contributed by atoms with van der Waals surface area (Å²) in [5.74, 6) is 0. The molecule has 0 bridgehead atoms. The Hall–Kier alpha value is -1.32. The van der Waals surface area contributed by atoms with Crippen molar-refractivity contribution in [2.45, 2.75) is 13.0 Å². The van der Waals surface area contributed by atoms with E-state index in [0.717, 1.165) is 19.6 Å². The third-order valence-corrected chi connectivity index (χ3v) is 3.33. The summed E-state index contributed by atoms with van der Waals surface area (Å²) in [4.78, 5) is 3.46. The predicted octanol–water partition coefficient (Wildman–Crippen LogP) is 1.71. The molecule has 1 aliphatic heterocycles. The first-order valence-corrected chi connectivity index (χ1v) is 5.87. The van der Waals surface area contributed by atoms with Gasteiger partial charge < -0.3 is 15.6 Å². The molecule has 84 valence electrons. The lowest BCUT2D eigenvalue weighted by Crippen LogP contribution is -2.42. The SMILES string of the molecule is Cc1[nH]c2ccccc2c1C1CNCCN1. The molecule has 0 saturated carbocycles. The minimum atomic E-state index is 0.435. The highest BCUT2D eigenvalue weighted by molar-refractivity contribution is 5.85. The molecule has 1 fully saturated rings. The molecule has 3 N–H and O–H groups in total. The van der Waals surface area contributed by atoms with Gasteiger partial charge in [0.1, 0.15) is 0 Å². The smallest absolute Gasteiger partial charge is 0.0471 e. The lowest BCUT2D eigenvalue weighted by atomic mass is 10.0. The normalized spacial score (nSPS) is 21.4. The van der Waals surface area contributed by atoms with E-state index >= 15 is 0 Å². The molecule has 0 radical (unpaired) electrons. The Balaban J connectivity index is 2.10. The zero-order valence-corrected chi connectivity index (χ0v) is 9.51. The summed E-state index contributed by atoms with van der Waals surface area (Å²) in [7, 11) is 0. The number of hydrogen-bond donors (Lipinski definition) is 3. The molecule has 2 aromatic rings. The van der Waals surface area contributed by atoms with Crippen LogP contribution < -0.4 is 10.6 Å². The molecule has 0 aliphatic carbocycles. The largest absolute Gasteiger partial charge is 0.358 e. The Morgan fingerprint density at radius 1 is 1.19 bits per heavy atom. The van der Waals surface area contributed by atoms with Gasteiger partial charge in [-0.15, -0.1) is 0 Å². The van der Waals surface area contributed by atoms with Crippen LogP contribution in [0, 0.1) is 6.92 Å². The van der Waals surface area contributed by atoms with E-state index in [1.54, 1.807) is 0 Å². The van der Waals surface area contributed by atoms with Gasteiger partial charge in [0.2, 0.25) is 0 Å². The summed E-state index contributed by atoms with van der Waals surface area (Å²) in [6, 6.07) is 8.96. The molecule has 1 unspecified atom stereocenters. The summed E-state index contributed by atoms with van der Waals surface area (Å²) in [5.41, 5.74) is 3.94. The van der Waals surface area contributed by atoms with E-state index in [-0.39, 0.29) is 0 Å². The van der Waals surface area contributed by atoms with E-state index in [4.69, 9.17) is 0 Å². The Labute approximate surface area is 95.2 Å². The lowest BCUT2D eigenvalue weighted by molar-refractivity contribution is 0.431. The zero-order valence-electron chi connectivity index (χ0n) is 9.51. The van der Waals surface area contributed by atoms with Crippen molar-refractivity contribution in [1.82, 2.24) is 15.6 Å². The van der Waals surface area contributed by atoms with Crippen LogP contribution >= 0.6 is 0 Å². The van der Waals surface area contributed by atoms with Crippen LogP contribution in [0.4, 0.5) is 0 Å². The molecule has 0 spiro atoms. The van der Waals surface area contributed by atoms with Crippen LogP contribution in [0.25, 0.3) is 10.9 Å². The van der Waals surface area contributed by atoms with Crippen LogP contribution in [-0.4, -0.2) is 24.6 Å². The van der Waals surface area contributed by atoms with Gasteiger partial charge in [0.25, 0.3) is 0 Å². The summed E-state index contributed by atoms with van der Waals surface area (Å²) < 4.78 is 0. The van der Waals surface area contributed by atoms with E-state index in [1.807, 2.05) is 0 Å². The van der Waals surface area contributed by atoms with Crippen molar-refractivity contribution in [2.24, 2.45) is 0 Å². The fourth-order valence-corrected chi connectivity index (χ4v) is 2.60. The zero-order chi connectivity index (χ0) is 11.0. The molecule has 1 aliphatic rings. The topological polar surface area (TPSA) is 39.9 Å². The fraction of sp³-hybridized carbons (Fsp3) is 0.385. The van der Waals surface area contributed by atoms with Gasteiger partial charge in [-0.3, -0.25) is 0 Å². The van der Waals surface area contributed by atoms with Gasteiger partial charge in [-0.1, -0.05) is 18.2 Å². The number of hydrogen-bond acceptors (Lipinski definition) is 2. The van der Waals surface area contributed by atoms with Gasteiger partial charge in [-0.2, -0.15) is 0 Å². The molecule has 16 heavy (non-hydrogen) atoms. The maximum absolute atomic E-state index is 3.57. The Bertz CT molecular complexity index is 495. The highest BCUT2D eigenvalue weighted by atomic mass is 15.1. The number of aromatic amines is 1. The molecule has 1 aromatic carbocycles. The molecule has 3 rings (SSSR count). The molecule has 0 amide bonds. The average molecular weight is 215 g/mol. The van der Waals surface area contributed by atoms with E-state index in [1.165, 1.54) is 22.2 Å². The number of para-hydroxylation sites is 1. The van der Waals surface area contributed by atoms with Crippen molar-refractivity contribution in [1.29, 1.82) is 0 Å². The predicted molar refractivity (Wildman–Crippen MR) is 66.6 cm³/mol. The van der Waals surface area contributed by atoms with Gasteiger partial charge in [-0.25, -0.2) is 0 Å². The molecular formula is C13H17N3. The van der Waals surface area contributed by atoms with Gasteiger partial charge in [0, 0.05) is 42.3 Å². The highest BCUT2D eigenvalue weighted by Gasteiger charge is 2.19. The number of rotatable bonds is 1. The second-order valence-electron chi connectivity index (χ2n) is 4.42. The Morgan fingerprint density at radius 2 is 2.06 bits per heavy atom. The van der Waals surface area contributed by atoms with Crippen LogP contribution in [0.15, 0.2) is 24.3 Å². The molecule has 1 aromatic heterocycles. The quantitative estimate of drug-likeness (QED) is 0.677. The monoisotopic (exact) mass is 215 g/mol. The van der Waals surface area contributed by atoms with Gasteiger partial charge in [0.05, 0.1) is 0 Å². The molecular weight excluding hydrogens is 198 g/mol. The van der Waals surface area contributed by atoms with Gasteiger partial charge in [-0.05, 0) is 18.6 Å². The maximum Gasteiger partial charge on any atom is 0.0471 e. The van der Waals surface area contributed by atoms with Gasteiger partial charge in [0.15, 0.2) is 0 Å². The summed E-state index contributed by atoms with van der Waals surface area (Å²) in [6.07, 6.45) is 0. The number of nitrogens with one attached hydrogen (secondary N) is 3. The molecule has 2 heterocycles. The van der Waals surface area contributed by atoms with Crippen molar-refractivity contribution in [3.63, 3.8) is 0 Å². The van der Waals surface area contributed by atoms with Crippen molar-refractivity contribution in [3.8, 4) is 0 Å². The third-order valence-electron chi connectivity index (χ3n) is 3.33. The highest BCUT2D eigenvalue weighted by Crippen LogP contribution is 2.27. The second-order valence-corrected chi connectivity index (χ2v) is 4.42. The van der Waals surface area contributed by atoms with E-state index in [2.05, 4.69) is 46.8 Å². The van der Waals surface area contributed by atoms with Crippen LogP contribution in [0.5, 0.6) is 0 Å². The molecule has 1 saturated heterocycles. The second kappa shape index (κ2) is 3.92. The third kappa shape index (κ3) is 1.52. The van der Waals surface area contributed by atoms with Crippen LogP contribution in [-0.2, 0) is 0 Å². The number of aromatic nitrogens is 1. The summed E-state index contributed by atoms with van der Waals surface area (Å²) >= 11 is 0. The number of fused-ring (bicyclic) bond motifs is 1. The van der Waals surface area contributed by atoms with E-state index in [0.29, 0.717) is 6.04 Å². The molecule has 1 atom stereocenters. The van der Waals surface area contributed by atoms with Gasteiger partial charge >= 0.3 is 0 Å². The average Bonchev–Trinajstić information content (AvgIpc) is 2.66. The first kappa shape index (κ1) is 9.87. The summed E-state index contributed by atoms with van der Waals surface area (Å²) in [5, 5.41) is 8.36. The van der Waals surface area contributed by atoms with Crippen LogP contribution in [0.2, 0.25) is 0 Å². The first-order valence-electron chi connectivity index (χ1n) is 5.87. The van der Waals surface area contributed by atoms with Crippen molar-refractivity contribution < 1.29 is 0 Å². The van der Waals surface area contributed by atoms with E-state index < -0.39 is 0 Å². The maximum atomic E-state index is 3.57. The Kier molecular flexibility index (Phi) is 2.42. The minimum absolute atomic E-state index is 0.435. The Morgan fingerprint density at radius 3 is 2.88 bits per heavy atom. The van der Waals surface area contributed by atoms with Crippen LogP contribution in [0.3, 0.4) is 0 Å². The van der Waals surface area contributed by atoms with E-state index in [9.17, 15) is 0 Å². The van der Waals surface area contributed by atoms with Crippen molar-refractivity contribution >= 4 is 10.9 Å². The number of benzene rings is 1. The lowest BCUT2D eigenvalue weighted by Gasteiger charge is -2.25. The van der Waals surface area contributed by atoms with Crippen molar-refractivity contribution in [2.75, 3.05) is 19.6 Å². The standard InChI is InChI=1S/C13H17N3/c1-9-13(12-8-14-6-7-15-12)10-4-2-3-5-11(10)16-9/h2-5,12,14-16H,6-8H2,1H3. The fourth-order valence-electron chi connectivity index (χ4n) is 2.60. The number of aryl methyl sites for hydroxylation is 1.